The van der Waals surface area contributed by atoms with Gasteiger partial charge in [0.25, 0.3) is 0 Å². The Bertz CT molecular complexity index is 1130. The molecule has 8 heteroatoms. The molecule has 2 N–H and O–H groups in total. The average Bonchev–Trinajstić information content (AvgIpc) is 2.76. The van der Waals surface area contributed by atoms with E-state index in [9.17, 15) is 4.79 Å². The van der Waals surface area contributed by atoms with Crippen molar-refractivity contribution in [2.75, 3.05) is 11.9 Å². The fourth-order valence-corrected chi connectivity index (χ4v) is 3.32. The molecule has 0 radical (unpaired) electrons. The highest BCUT2D eigenvalue weighted by Crippen LogP contribution is 2.23. The van der Waals surface area contributed by atoms with Crippen molar-refractivity contribution in [2.24, 2.45) is 5.10 Å². The molecule has 0 spiro atoms. The van der Waals surface area contributed by atoms with Crippen LogP contribution in [0.3, 0.4) is 0 Å². The summed E-state index contributed by atoms with van der Waals surface area (Å²) >= 11 is 8.70. The van der Waals surface area contributed by atoms with Gasteiger partial charge in [-0.1, -0.05) is 28.1 Å². The van der Waals surface area contributed by atoms with E-state index in [1.165, 1.54) is 6.21 Å². The van der Waals surface area contributed by atoms with Gasteiger partial charge in [0.2, 0.25) is 0 Å². The monoisotopic (exact) mass is 511 g/mol. The minimum atomic E-state index is -0.477. The number of aryl methyl sites for hydroxylation is 1. The maximum atomic E-state index is 12.6. The van der Waals surface area contributed by atoms with Crippen molar-refractivity contribution in [3.63, 3.8) is 0 Å². The second-order valence-corrected chi connectivity index (χ2v) is 8.05. The minimum absolute atomic E-state index is 0.342. The molecule has 3 rings (SSSR count). The molecular formula is C24H22BrN3O3S. The van der Waals surface area contributed by atoms with E-state index in [1.54, 1.807) is 42.5 Å². The Labute approximate surface area is 200 Å². The molecule has 0 fully saturated rings. The molecule has 0 aliphatic carbocycles. The standard InChI is InChI=1S/C24H22BrN3O3S/c1-3-30-21-10-7-17(8-11-21)23(29)31-22-12-9-19(25)14-18(22)15-26-28-24(32)27-20-6-4-5-16(2)13-20/h4-15H,3H2,1-2H3,(H2,27,28,32)/b26-15+. The largest absolute Gasteiger partial charge is 0.494 e. The van der Waals surface area contributed by atoms with Crippen LogP contribution in [-0.2, 0) is 0 Å². The highest BCUT2D eigenvalue weighted by Gasteiger charge is 2.12. The Kier molecular flexibility index (Phi) is 8.35. The summed E-state index contributed by atoms with van der Waals surface area (Å²) in [6, 6.07) is 19.9. The van der Waals surface area contributed by atoms with Gasteiger partial charge in [0.1, 0.15) is 11.5 Å². The maximum Gasteiger partial charge on any atom is 0.343 e. The summed E-state index contributed by atoms with van der Waals surface area (Å²) in [6.07, 6.45) is 1.54. The van der Waals surface area contributed by atoms with Crippen molar-refractivity contribution in [1.29, 1.82) is 0 Å². The van der Waals surface area contributed by atoms with Crippen LogP contribution in [0.4, 0.5) is 5.69 Å². The van der Waals surface area contributed by atoms with Gasteiger partial charge in [-0.25, -0.2) is 4.79 Å². The first-order chi connectivity index (χ1) is 15.4. The van der Waals surface area contributed by atoms with Gasteiger partial charge >= 0.3 is 5.97 Å². The number of hydrogen-bond acceptors (Lipinski definition) is 5. The number of thiocarbonyl (C=S) groups is 1. The molecule has 0 saturated carbocycles. The summed E-state index contributed by atoms with van der Waals surface area (Å²) in [6.45, 7) is 4.46. The average molecular weight is 512 g/mol. The third kappa shape index (κ3) is 6.90. The molecule has 3 aromatic carbocycles. The second kappa shape index (κ2) is 11.4. The Morgan fingerprint density at radius 3 is 2.62 bits per heavy atom. The molecule has 3 aromatic rings. The quantitative estimate of drug-likeness (QED) is 0.139. The van der Waals surface area contributed by atoms with Gasteiger partial charge in [-0.05, 0) is 86.2 Å². The molecule has 0 saturated heterocycles. The summed E-state index contributed by atoms with van der Waals surface area (Å²) in [5.74, 6) is 0.589. The molecule has 164 valence electrons. The Morgan fingerprint density at radius 1 is 1.12 bits per heavy atom. The van der Waals surface area contributed by atoms with Crippen LogP contribution >= 0.6 is 28.1 Å². The summed E-state index contributed by atoms with van der Waals surface area (Å²) < 4.78 is 11.8. The van der Waals surface area contributed by atoms with E-state index in [-0.39, 0.29) is 0 Å². The first-order valence-electron chi connectivity index (χ1n) is 9.86. The third-order valence-electron chi connectivity index (χ3n) is 4.22. The van der Waals surface area contributed by atoms with Crippen molar-refractivity contribution >= 4 is 51.1 Å². The van der Waals surface area contributed by atoms with Crippen LogP contribution in [0.5, 0.6) is 11.5 Å². The van der Waals surface area contributed by atoms with Gasteiger partial charge in [0.05, 0.1) is 18.4 Å². The normalized spacial score (nSPS) is 10.6. The summed E-state index contributed by atoms with van der Waals surface area (Å²) in [5, 5.41) is 7.57. The second-order valence-electron chi connectivity index (χ2n) is 6.72. The van der Waals surface area contributed by atoms with E-state index >= 15 is 0 Å². The predicted octanol–water partition coefficient (Wildman–Crippen LogP) is 5.70. The van der Waals surface area contributed by atoms with E-state index in [4.69, 9.17) is 21.7 Å². The van der Waals surface area contributed by atoms with Gasteiger partial charge in [-0.3, -0.25) is 5.43 Å². The van der Waals surface area contributed by atoms with E-state index in [1.807, 2.05) is 38.1 Å². The Morgan fingerprint density at radius 2 is 1.91 bits per heavy atom. The number of benzene rings is 3. The van der Waals surface area contributed by atoms with Crippen molar-refractivity contribution in [3.05, 3.63) is 87.9 Å². The number of ether oxygens (including phenoxy) is 2. The number of halogens is 1. The molecule has 32 heavy (non-hydrogen) atoms. The molecule has 0 amide bonds. The molecule has 0 bridgehead atoms. The number of anilines is 1. The fraction of sp³-hybridized carbons (Fsp3) is 0.125. The zero-order valence-corrected chi connectivity index (χ0v) is 20.0. The number of carbonyl (C=O) groups is 1. The van der Waals surface area contributed by atoms with E-state index < -0.39 is 5.97 Å². The lowest BCUT2D eigenvalue weighted by molar-refractivity contribution is 0.0734. The van der Waals surface area contributed by atoms with Crippen molar-refractivity contribution in [3.8, 4) is 11.5 Å². The van der Waals surface area contributed by atoms with Crippen LogP contribution in [0.2, 0.25) is 0 Å². The van der Waals surface area contributed by atoms with Crippen molar-refractivity contribution in [2.45, 2.75) is 13.8 Å². The third-order valence-corrected chi connectivity index (χ3v) is 4.91. The highest BCUT2D eigenvalue weighted by atomic mass is 79.9. The molecule has 0 unspecified atom stereocenters. The number of esters is 1. The lowest BCUT2D eigenvalue weighted by Gasteiger charge is -2.10. The fourth-order valence-electron chi connectivity index (χ4n) is 2.77. The minimum Gasteiger partial charge on any atom is -0.494 e. The predicted molar refractivity (Wildman–Crippen MR) is 135 cm³/mol. The van der Waals surface area contributed by atoms with Gasteiger partial charge in [0, 0.05) is 15.7 Å². The highest BCUT2D eigenvalue weighted by molar-refractivity contribution is 9.10. The summed E-state index contributed by atoms with van der Waals surface area (Å²) in [4.78, 5) is 12.6. The van der Waals surface area contributed by atoms with Crippen LogP contribution in [0.15, 0.2) is 76.3 Å². The van der Waals surface area contributed by atoms with Crippen LogP contribution in [0.25, 0.3) is 0 Å². The zero-order chi connectivity index (χ0) is 22.9. The van der Waals surface area contributed by atoms with E-state index in [0.29, 0.717) is 34.3 Å². The first-order valence-corrected chi connectivity index (χ1v) is 11.1. The smallest absolute Gasteiger partial charge is 0.343 e. The van der Waals surface area contributed by atoms with Gasteiger partial charge in [-0.2, -0.15) is 5.10 Å². The van der Waals surface area contributed by atoms with Gasteiger partial charge in [-0.15, -0.1) is 0 Å². The topological polar surface area (TPSA) is 72.0 Å². The molecule has 0 aliphatic rings. The number of carbonyl (C=O) groups excluding carboxylic acids is 1. The van der Waals surface area contributed by atoms with Gasteiger partial charge in [0.15, 0.2) is 5.11 Å². The SMILES string of the molecule is CCOc1ccc(C(=O)Oc2ccc(Br)cc2/C=N/NC(=S)Nc2cccc(C)c2)cc1. The number of hydrazone groups is 1. The lowest BCUT2D eigenvalue weighted by atomic mass is 10.2. The van der Waals surface area contributed by atoms with Crippen molar-refractivity contribution in [1.82, 2.24) is 5.43 Å². The number of hydrogen-bond donors (Lipinski definition) is 2. The maximum absolute atomic E-state index is 12.6. The van der Waals surface area contributed by atoms with E-state index in [0.717, 1.165) is 15.7 Å². The number of nitrogens with zero attached hydrogens (tertiary/aromatic N) is 1. The Balaban J connectivity index is 1.66. The van der Waals surface area contributed by atoms with Crippen LogP contribution in [-0.4, -0.2) is 23.9 Å². The molecule has 0 aromatic heterocycles. The lowest BCUT2D eigenvalue weighted by Crippen LogP contribution is -2.23. The van der Waals surface area contributed by atoms with Crippen LogP contribution in [0.1, 0.15) is 28.4 Å². The molecule has 0 aliphatic heterocycles. The molecular weight excluding hydrogens is 490 g/mol. The summed E-state index contributed by atoms with van der Waals surface area (Å²) in [7, 11) is 0. The summed E-state index contributed by atoms with van der Waals surface area (Å²) in [5.41, 5.74) is 5.77. The number of rotatable bonds is 7. The zero-order valence-electron chi connectivity index (χ0n) is 17.6. The van der Waals surface area contributed by atoms with E-state index in [2.05, 4.69) is 31.8 Å². The first kappa shape index (κ1) is 23.4. The van der Waals surface area contributed by atoms with Crippen LogP contribution < -0.4 is 20.2 Å². The molecule has 0 atom stereocenters. The number of nitrogens with one attached hydrogen (secondary N) is 2. The van der Waals surface area contributed by atoms with Gasteiger partial charge < -0.3 is 14.8 Å². The Hall–Kier alpha value is -3.23. The molecule has 6 nitrogen and oxygen atoms in total. The van der Waals surface area contributed by atoms with Crippen LogP contribution in [0, 0.1) is 6.92 Å². The van der Waals surface area contributed by atoms with Crippen molar-refractivity contribution < 1.29 is 14.3 Å². The molecule has 0 heterocycles.